The minimum absolute atomic E-state index is 0.0875. The predicted octanol–water partition coefficient (Wildman–Crippen LogP) is 4.84. The van der Waals surface area contributed by atoms with E-state index in [1.54, 1.807) is 38.5 Å². The smallest absolute Gasteiger partial charge is 0.338 e. The molecule has 134 valence electrons. The fourth-order valence-electron chi connectivity index (χ4n) is 2.36. The van der Waals surface area contributed by atoms with Crippen molar-refractivity contribution in [2.75, 3.05) is 14.2 Å². The minimum Gasteiger partial charge on any atom is -0.493 e. The first-order valence-corrected chi connectivity index (χ1v) is 8.96. The van der Waals surface area contributed by atoms with Gasteiger partial charge in [-0.2, -0.15) is 0 Å². The Morgan fingerprint density at radius 3 is 2.58 bits per heavy atom. The number of carbonyl (C=O) groups is 1. The van der Waals surface area contributed by atoms with Crippen LogP contribution in [0.3, 0.4) is 0 Å². The molecule has 0 aliphatic heterocycles. The van der Waals surface area contributed by atoms with E-state index in [1.165, 1.54) is 11.3 Å². The molecule has 0 spiro atoms. The van der Waals surface area contributed by atoms with Gasteiger partial charge in [-0.25, -0.2) is 9.78 Å². The third kappa shape index (κ3) is 3.98. The topological polar surface area (TPSA) is 57.7 Å². The van der Waals surface area contributed by atoms with Gasteiger partial charge in [0.1, 0.15) is 11.6 Å². The Morgan fingerprint density at radius 1 is 1.12 bits per heavy atom. The lowest BCUT2D eigenvalue weighted by molar-refractivity contribution is 0.0468. The third-order valence-corrected chi connectivity index (χ3v) is 4.79. The van der Waals surface area contributed by atoms with Crippen LogP contribution in [0.4, 0.5) is 0 Å². The van der Waals surface area contributed by atoms with Gasteiger partial charge in [0, 0.05) is 10.4 Å². The van der Waals surface area contributed by atoms with Crippen LogP contribution in [0.1, 0.15) is 16.1 Å². The highest BCUT2D eigenvalue weighted by Crippen LogP contribution is 2.39. The highest BCUT2D eigenvalue weighted by atomic mass is 35.5. The van der Waals surface area contributed by atoms with Crippen LogP contribution >= 0.6 is 22.9 Å². The number of hydrogen-bond donors (Lipinski definition) is 0. The Labute approximate surface area is 160 Å². The molecule has 1 aromatic heterocycles. The first kappa shape index (κ1) is 18.2. The van der Waals surface area contributed by atoms with E-state index in [2.05, 4.69) is 4.98 Å². The lowest BCUT2D eigenvalue weighted by Crippen LogP contribution is -2.05. The number of methoxy groups -OCH3 is 2. The second-order valence-corrected chi connectivity index (χ2v) is 6.56. The number of halogens is 1. The largest absolute Gasteiger partial charge is 0.493 e. The normalized spacial score (nSPS) is 10.4. The van der Waals surface area contributed by atoms with Crippen LogP contribution < -0.4 is 9.47 Å². The first-order chi connectivity index (χ1) is 12.6. The third-order valence-electron chi connectivity index (χ3n) is 3.62. The second kappa shape index (κ2) is 8.21. The van der Waals surface area contributed by atoms with Gasteiger partial charge in [-0.1, -0.05) is 17.7 Å². The molecule has 0 unspecified atom stereocenters. The van der Waals surface area contributed by atoms with Crippen molar-refractivity contribution in [1.82, 2.24) is 4.98 Å². The summed E-state index contributed by atoms with van der Waals surface area (Å²) in [6.45, 7) is 0.0875. The quantitative estimate of drug-likeness (QED) is 0.565. The zero-order valence-electron chi connectivity index (χ0n) is 14.2. The maximum absolute atomic E-state index is 12.1. The van der Waals surface area contributed by atoms with E-state index in [0.717, 1.165) is 10.6 Å². The molecule has 7 heteroatoms. The molecule has 3 aromatic rings. The maximum Gasteiger partial charge on any atom is 0.338 e. The van der Waals surface area contributed by atoms with E-state index in [0.29, 0.717) is 27.8 Å². The molecule has 2 aromatic carbocycles. The number of hydrogen-bond acceptors (Lipinski definition) is 6. The van der Waals surface area contributed by atoms with Gasteiger partial charge in [-0.3, -0.25) is 0 Å². The summed E-state index contributed by atoms with van der Waals surface area (Å²) in [7, 11) is 3.18. The number of thiazole rings is 1. The van der Waals surface area contributed by atoms with Crippen LogP contribution in [0, 0.1) is 0 Å². The van der Waals surface area contributed by atoms with Gasteiger partial charge < -0.3 is 14.2 Å². The van der Waals surface area contributed by atoms with Gasteiger partial charge in [0.15, 0.2) is 11.5 Å². The predicted molar refractivity (Wildman–Crippen MR) is 101 cm³/mol. The van der Waals surface area contributed by atoms with Crippen LogP contribution in [-0.4, -0.2) is 25.2 Å². The number of rotatable bonds is 6. The van der Waals surface area contributed by atoms with Crippen molar-refractivity contribution < 1.29 is 19.0 Å². The van der Waals surface area contributed by atoms with Crippen molar-refractivity contribution in [2.24, 2.45) is 0 Å². The van der Waals surface area contributed by atoms with Crippen molar-refractivity contribution in [3.8, 4) is 22.1 Å². The molecule has 3 rings (SSSR count). The Morgan fingerprint density at radius 2 is 1.88 bits per heavy atom. The highest BCUT2D eigenvalue weighted by molar-refractivity contribution is 7.13. The Hall–Kier alpha value is -2.57. The fraction of sp³-hybridized carbons (Fsp3) is 0.158. The van der Waals surface area contributed by atoms with Crippen LogP contribution in [0.5, 0.6) is 11.5 Å². The van der Waals surface area contributed by atoms with Crippen molar-refractivity contribution in [3.63, 3.8) is 0 Å². The molecule has 0 radical (unpaired) electrons. The van der Waals surface area contributed by atoms with Gasteiger partial charge in [-0.05, 0) is 36.4 Å². The number of para-hydroxylation sites is 1. The van der Waals surface area contributed by atoms with E-state index in [9.17, 15) is 4.79 Å². The zero-order chi connectivity index (χ0) is 18.5. The monoisotopic (exact) mass is 389 g/mol. The molecule has 0 fully saturated rings. The Balaban J connectivity index is 1.72. The molecular weight excluding hydrogens is 374 g/mol. The van der Waals surface area contributed by atoms with Crippen LogP contribution in [0.25, 0.3) is 10.6 Å². The number of esters is 1. The van der Waals surface area contributed by atoms with E-state index >= 15 is 0 Å². The van der Waals surface area contributed by atoms with Crippen molar-refractivity contribution in [2.45, 2.75) is 6.61 Å². The van der Waals surface area contributed by atoms with Crippen LogP contribution in [-0.2, 0) is 11.3 Å². The molecule has 0 bridgehead atoms. The number of carbonyl (C=O) groups excluding carboxylic acids is 1. The average molecular weight is 390 g/mol. The average Bonchev–Trinajstić information content (AvgIpc) is 3.14. The summed E-state index contributed by atoms with van der Waals surface area (Å²) < 4.78 is 16.1. The Bertz CT molecular complexity index is 908. The fourth-order valence-corrected chi connectivity index (χ4v) is 3.31. The number of benzene rings is 2. The molecule has 0 aliphatic carbocycles. The van der Waals surface area contributed by atoms with E-state index < -0.39 is 5.97 Å². The van der Waals surface area contributed by atoms with Crippen molar-refractivity contribution in [3.05, 3.63) is 64.1 Å². The summed E-state index contributed by atoms with van der Waals surface area (Å²) in [5.41, 5.74) is 1.93. The number of aromatic nitrogens is 1. The van der Waals surface area contributed by atoms with Gasteiger partial charge in [0.2, 0.25) is 0 Å². The lowest BCUT2D eigenvalue weighted by atomic mass is 10.2. The summed E-state index contributed by atoms with van der Waals surface area (Å²) in [5.74, 6) is 0.833. The summed E-state index contributed by atoms with van der Waals surface area (Å²) in [4.78, 5) is 16.6. The van der Waals surface area contributed by atoms with Gasteiger partial charge >= 0.3 is 5.97 Å². The zero-order valence-corrected chi connectivity index (χ0v) is 15.8. The van der Waals surface area contributed by atoms with Crippen molar-refractivity contribution >= 4 is 28.9 Å². The molecule has 0 aliphatic rings. The summed E-state index contributed by atoms with van der Waals surface area (Å²) in [5, 5.41) is 3.18. The molecule has 0 N–H and O–H groups in total. The molecule has 0 atom stereocenters. The first-order valence-electron chi connectivity index (χ1n) is 7.71. The van der Waals surface area contributed by atoms with E-state index in [4.69, 9.17) is 25.8 Å². The standard InChI is InChI=1S/C19H16ClNO4S/c1-23-16-5-3-4-15(17(16)24-2)18-21-14(11-26-18)10-25-19(22)12-6-8-13(20)9-7-12/h3-9,11H,10H2,1-2H3. The lowest BCUT2D eigenvalue weighted by Gasteiger charge is -2.10. The SMILES string of the molecule is COc1cccc(-c2nc(COC(=O)c3ccc(Cl)cc3)cs2)c1OC. The molecule has 0 saturated carbocycles. The molecular formula is C19H16ClNO4S. The summed E-state index contributed by atoms with van der Waals surface area (Å²) in [6, 6.07) is 12.1. The second-order valence-electron chi connectivity index (χ2n) is 5.27. The number of nitrogens with zero attached hydrogens (tertiary/aromatic N) is 1. The van der Waals surface area contributed by atoms with Crippen LogP contribution in [0.2, 0.25) is 5.02 Å². The van der Waals surface area contributed by atoms with Crippen molar-refractivity contribution in [1.29, 1.82) is 0 Å². The van der Waals surface area contributed by atoms with Gasteiger partial charge in [-0.15, -0.1) is 11.3 Å². The Kier molecular flexibility index (Phi) is 5.75. The van der Waals surface area contributed by atoms with E-state index in [-0.39, 0.29) is 6.61 Å². The van der Waals surface area contributed by atoms with Gasteiger partial charge in [0.05, 0.1) is 31.0 Å². The molecule has 1 heterocycles. The highest BCUT2D eigenvalue weighted by Gasteiger charge is 2.15. The molecule has 26 heavy (non-hydrogen) atoms. The maximum atomic E-state index is 12.1. The number of ether oxygens (including phenoxy) is 3. The van der Waals surface area contributed by atoms with Crippen LogP contribution in [0.15, 0.2) is 47.8 Å². The minimum atomic E-state index is -0.421. The molecule has 5 nitrogen and oxygen atoms in total. The summed E-state index contributed by atoms with van der Waals surface area (Å²) in [6.07, 6.45) is 0. The van der Waals surface area contributed by atoms with E-state index in [1.807, 2.05) is 23.6 Å². The summed E-state index contributed by atoms with van der Waals surface area (Å²) >= 11 is 7.26. The molecule has 0 amide bonds. The molecule has 0 saturated heterocycles. The van der Waals surface area contributed by atoms with Gasteiger partial charge in [0.25, 0.3) is 0 Å².